The van der Waals surface area contributed by atoms with Gasteiger partial charge in [-0.2, -0.15) is 0 Å². The van der Waals surface area contributed by atoms with E-state index in [1.54, 1.807) is 35.4 Å². The zero-order valence-electron chi connectivity index (χ0n) is 14.3. The summed E-state index contributed by atoms with van der Waals surface area (Å²) in [6.45, 7) is 2.28. The Morgan fingerprint density at radius 1 is 1.22 bits per heavy atom. The van der Waals surface area contributed by atoms with Crippen LogP contribution in [0.25, 0.3) is 11.3 Å². The molecule has 3 aromatic rings. The van der Waals surface area contributed by atoms with Gasteiger partial charge >= 0.3 is 0 Å². The van der Waals surface area contributed by atoms with E-state index >= 15 is 0 Å². The van der Waals surface area contributed by atoms with Crippen molar-refractivity contribution < 1.29 is 9.92 Å². The highest BCUT2D eigenvalue weighted by molar-refractivity contribution is 6.35. The van der Waals surface area contributed by atoms with Gasteiger partial charge in [-0.25, -0.2) is 4.98 Å². The number of hydrogen-bond acceptors (Lipinski definition) is 4. The molecule has 138 valence electrons. The van der Waals surface area contributed by atoms with Gasteiger partial charge in [0.2, 0.25) is 0 Å². The molecule has 0 aliphatic heterocycles. The maximum Gasteiger partial charge on any atom is 0.299 e. The fourth-order valence-corrected chi connectivity index (χ4v) is 3.12. The van der Waals surface area contributed by atoms with Gasteiger partial charge < -0.3 is 4.57 Å². The number of aryl methyl sites for hydroxylation is 1. The number of hydrogen-bond donors (Lipinski definition) is 0. The molecule has 3 rings (SSSR count). The van der Waals surface area contributed by atoms with Crippen molar-refractivity contribution in [2.45, 2.75) is 13.5 Å². The molecule has 27 heavy (non-hydrogen) atoms. The summed E-state index contributed by atoms with van der Waals surface area (Å²) in [6, 6.07) is 12.4. The van der Waals surface area contributed by atoms with Crippen LogP contribution in [0.4, 0.5) is 0 Å². The highest BCUT2D eigenvalue weighted by Gasteiger charge is 2.19. The van der Waals surface area contributed by atoms with Crippen molar-refractivity contribution >= 4 is 34.5 Å². The summed E-state index contributed by atoms with van der Waals surface area (Å²) >= 11 is 12.3. The number of benzene rings is 2. The zero-order valence-corrected chi connectivity index (χ0v) is 15.8. The number of imidazole rings is 1. The van der Waals surface area contributed by atoms with Gasteiger partial charge in [0.05, 0.1) is 17.9 Å². The minimum absolute atomic E-state index is 0.0548. The molecule has 0 aliphatic carbocycles. The quantitative estimate of drug-likeness (QED) is 0.243. The van der Waals surface area contributed by atoms with Crippen molar-refractivity contribution in [2.24, 2.45) is 0 Å². The average molecular weight is 404 g/mol. The van der Waals surface area contributed by atoms with Crippen LogP contribution < -0.4 is 0 Å². The van der Waals surface area contributed by atoms with Gasteiger partial charge in [0, 0.05) is 28.6 Å². The van der Waals surface area contributed by atoms with E-state index in [1.807, 2.05) is 31.2 Å². The predicted octanol–water partition coefficient (Wildman–Crippen LogP) is 5.28. The van der Waals surface area contributed by atoms with Crippen LogP contribution in [0.5, 0.6) is 0 Å². The molecule has 2 aromatic carbocycles. The van der Waals surface area contributed by atoms with E-state index < -0.39 is 5.09 Å². The first-order chi connectivity index (χ1) is 12.9. The van der Waals surface area contributed by atoms with E-state index in [4.69, 9.17) is 28.0 Å². The van der Waals surface area contributed by atoms with Crippen LogP contribution in [0.1, 0.15) is 16.7 Å². The van der Waals surface area contributed by atoms with E-state index in [0.29, 0.717) is 22.7 Å². The van der Waals surface area contributed by atoms with Crippen LogP contribution in [0.3, 0.4) is 0 Å². The lowest BCUT2D eigenvalue weighted by molar-refractivity contribution is -0.730. The van der Waals surface area contributed by atoms with Crippen LogP contribution in [0, 0.1) is 17.0 Å². The number of allylic oxidation sites excluding steroid dienone is 1. The first-order valence-corrected chi connectivity index (χ1v) is 8.73. The van der Waals surface area contributed by atoms with E-state index in [2.05, 4.69) is 4.98 Å². The molecule has 0 saturated carbocycles. The second-order valence-electron chi connectivity index (χ2n) is 5.85. The molecule has 0 aliphatic rings. The molecular weight excluding hydrogens is 389 g/mol. The molecule has 0 radical (unpaired) electrons. The molecule has 6 nitrogen and oxygen atoms in total. The topological polar surface area (TPSA) is 70.2 Å². The van der Waals surface area contributed by atoms with E-state index in [9.17, 15) is 10.1 Å². The maximum absolute atomic E-state index is 11.2. The van der Waals surface area contributed by atoms with Crippen LogP contribution in [-0.4, -0.2) is 14.6 Å². The first kappa shape index (κ1) is 18.9. The van der Waals surface area contributed by atoms with Crippen molar-refractivity contribution in [1.82, 2.24) is 9.55 Å². The molecule has 0 bridgehead atoms. The van der Waals surface area contributed by atoms with Gasteiger partial charge in [0.1, 0.15) is 5.76 Å². The Kier molecular flexibility index (Phi) is 5.78. The Bertz CT molecular complexity index is 984. The van der Waals surface area contributed by atoms with Crippen molar-refractivity contribution in [1.29, 1.82) is 0 Å². The number of nitrogens with zero attached hydrogens (tertiary/aromatic N) is 3. The predicted molar refractivity (Wildman–Crippen MR) is 105 cm³/mol. The summed E-state index contributed by atoms with van der Waals surface area (Å²) in [5.74, 6) is 0.0548. The minimum atomic E-state index is -0.845. The Hall–Kier alpha value is -2.83. The molecule has 0 atom stereocenters. The summed E-state index contributed by atoms with van der Waals surface area (Å²) in [5, 5.41) is 11.1. The van der Waals surface area contributed by atoms with E-state index in [1.165, 1.54) is 6.07 Å². The molecule has 1 heterocycles. The van der Waals surface area contributed by atoms with Crippen molar-refractivity contribution in [3.8, 4) is 0 Å². The lowest BCUT2D eigenvalue weighted by atomic mass is 9.99. The van der Waals surface area contributed by atoms with Gasteiger partial charge in [-0.05, 0) is 30.7 Å². The lowest BCUT2D eigenvalue weighted by Crippen LogP contribution is -2.08. The minimum Gasteiger partial charge on any atom is -0.333 e. The molecule has 0 unspecified atom stereocenters. The van der Waals surface area contributed by atoms with Crippen LogP contribution in [0.2, 0.25) is 10.0 Å². The SMILES string of the molecule is Cc1ccc(/C(Cn2ccnc2)=C(\O[N+](=O)[O-])c2ccc(Cl)cc2Cl)cc1. The van der Waals surface area contributed by atoms with Crippen LogP contribution in [-0.2, 0) is 11.4 Å². The normalized spacial score (nSPS) is 11.8. The van der Waals surface area contributed by atoms with Gasteiger partial charge in [-0.3, -0.25) is 4.84 Å². The molecule has 0 saturated heterocycles. The van der Waals surface area contributed by atoms with Gasteiger partial charge in [0.25, 0.3) is 5.09 Å². The smallest absolute Gasteiger partial charge is 0.299 e. The lowest BCUT2D eigenvalue weighted by Gasteiger charge is -2.16. The largest absolute Gasteiger partial charge is 0.333 e. The van der Waals surface area contributed by atoms with Gasteiger partial charge in [-0.15, -0.1) is 10.1 Å². The van der Waals surface area contributed by atoms with Crippen molar-refractivity contribution in [3.63, 3.8) is 0 Å². The standard InChI is InChI=1S/C19H15Cl2N3O3/c1-13-2-4-14(5-3-13)17(11-23-9-8-22-12-23)19(27-24(25)26)16-7-6-15(20)10-18(16)21/h2-10,12H,11H2,1H3/b19-17-. The van der Waals surface area contributed by atoms with E-state index in [0.717, 1.165) is 11.1 Å². The average Bonchev–Trinajstić information content (AvgIpc) is 3.12. The van der Waals surface area contributed by atoms with Crippen LogP contribution in [0.15, 0.2) is 61.2 Å². The number of rotatable bonds is 6. The van der Waals surface area contributed by atoms with Gasteiger partial charge in [-0.1, -0.05) is 53.0 Å². The second-order valence-corrected chi connectivity index (χ2v) is 6.69. The van der Waals surface area contributed by atoms with E-state index in [-0.39, 0.29) is 10.8 Å². The summed E-state index contributed by atoms with van der Waals surface area (Å²) in [7, 11) is 0. The molecule has 1 aromatic heterocycles. The number of halogens is 2. The third-order valence-corrected chi connectivity index (χ3v) is 4.46. The molecule has 0 fully saturated rings. The Morgan fingerprint density at radius 2 is 1.96 bits per heavy atom. The fourth-order valence-electron chi connectivity index (χ4n) is 2.63. The Morgan fingerprint density at radius 3 is 2.56 bits per heavy atom. The molecular formula is C19H15Cl2N3O3. The number of aromatic nitrogens is 2. The van der Waals surface area contributed by atoms with Crippen molar-refractivity contribution in [3.05, 3.63) is 98.0 Å². The zero-order chi connectivity index (χ0) is 19.4. The highest BCUT2D eigenvalue weighted by Crippen LogP contribution is 2.34. The van der Waals surface area contributed by atoms with Crippen LogP contribution >= 0.6 is 23.2 Å². The summed E-state index contributed by atoms with van der Waals surface area (Å²) < 4.78 is 1.79. The Balaban J connectivity index is 2.23. The Labute approximate surface area is 165 Å². The third-order valence-electron chi connectivity index (χ3n) is 3.92. The first-order valence-electron chi connectivity index (χ1n) is 7.98. The summed E-state index contributed by atoms with van der Waals surface area (Å²) in [5.41, 5.74) is 2.82. The summed E-state index contributed by atoms with van der Waals surface area (Å²) in [4.78, 5) is 20.2. The summed E-state index contributed by atoms with van der Waals surface area (Å²) in [6.07, 6.45) is 5.03. The molecule has 8 heteroatoms. The van der Waals surface area contributed by atoms with Gasteiger partial charge in [0.15, 0.2) is 0 Å². The molecule has 0 spiro atoms. The molecule has 0 amide bonds. The monoisotopic (exact) mass is 403 g/mol. The maximum atomic E-state index is 11.2. The van der Waals surface area contributed by atoms with Crippen molar-refractivity contribution in [2.75, 3.05) is 0 Å². The third kappa shape index (κ3) is 4.67. The second kappa shape index (κ2) is 8.24. The molecule has 0 N–H and O–H groups in total. The highest BCUT2D eigenvalue weighted by atomic mass is 35.5. The fraction of sp³-hybridized carbons (Fsp3) is 0.105.